The molecule has 0 unspecified atom stereocenters. The molecule has 1 N–H and O–H groups in total. The number of imide groups is 1. The lowest BCUT2D eigenvalue weighted by molar-refractivity contribution is -0.158. The number of esters is 2. The Kier molecular flexibility index (Phi) is 7.34. The molecule has 3 rings (SSSR count). The number of carbonyl (C=O) groups excluding carboxylic acids is 5. The van der Waals surface area contributed by atoms with Crippen molar-refractivity contribution >= 4 is 76.1 Å². The van der Waals surface area contributed by atoms with E-state index in [1.165, 1.54) is 13.8 Å². The molecule has 35 heavy (non-hydrogen) atoms. The monoisotopic (exact) mass is 569 g/mol. The van der Waals surface area contributed by atoms with Gasteiger partial charge in [-0.25, -0.2) is 9.59 Å². The molecule has 1 aliphatic heterocycles. The summed E-state index contributed by atoms with van der Waals surface area (Å²) in [5, 5.41) is 1.81. The Balaban J connectivity index is 2.11. The van der Waals surface area contributed by atoms with Crippen LogP contribution in [0.1, 0.15) is 40.5 Å². The second-order valence-corrected chi connectivity index (χ2v) is 12.1. The lowest BCUT2D eigenvalue weighted by Crippen LogP contribution is -2.55. The SMILES string of the molecule is C=C1C(=O)O[C@@H]2C3=C(C)C(=O)C[C@@]3(Cl)[C@](C)(OC(=O)NC(=O)C(Cl)(Cl)Cl)C[C@@H](OC(=O)C(C)C)[C@@H]12. The summed E-state index contributed by atoms with van der Waals surface area (Å²) in [6, 6.07) is 0. The van der Waals surface area contributed by atoms with E-state index in [1.807, 2.05) is 0 Å². The molecular weight excluding hydrogens is 548 g/mol. The third-order valence-electron chi connectivity index (χ3n) is 6.52. The zero-order valence-electron chi connectivity index (χ0n) is 19.2. The molecule has 1 saturated carbocycles. The molecule has 1 saturated heterocycles. The normalized spacial score (nSPS) is 32.6. The number of alkyl halides is 4. The lowest BCUT2D eigenvalue weighted by Gasteiger charge is -2.42. The van der Waals surface area contributed by atoms with E-state index in [-0.39, 0.29) is 35.3 Å². The summed E-state index contributed by atoms with van der Waals surface area (Å²) in [4.78, 5) is 60.8. The maximum absolute atomic E-state index is 12.8. The quantitative estimate of drug-likeness (QED) is 0.236. The van der Waals surface area contributed by atoms with E-state index < -0.39 is 62.3 Å². The number of ketones is 1. The van der Waals surface area contributed by atoms with Gasteiger partial charge in [-0.05, 0) is 19.4 Å². The Morgan fingerprint density at radius 2 is 1.83 bits per heavy atom. The van der Waals surface area contributed by atoms with Gasteiger partial charge in [-0.3, -0.25) is 19.7 Å². The first-order valence-electron chi connectivity index (χ1n) is 10.6. The van der Waals surface area contributed by atoms with Gasteiger partial charge in [0.15, 0.2) is 5.78 Å². The smallest absolute Gasteiger partial charge is 0.414 e. The van der Waals surface area contributed by atoms with Gasteiger partial charge in [0.05, 0.1) is 11.8 Å². The van der Waals surface area contributed by atoms with Crippen LogP contribution in [0, 0.1) is 11.8 Å². The third kappa shape index (κ3) is 4.80. The molecule has 2 aliphatic carbocycles. The van der Waals surface area contributed by atoms with Gasteiger partial charge in [-0.1, -0.05) is 55.2 Å². The Morgan fingerprint density at radius 1 is 1.23 bits per heavy atom. The van der Waals surface area contributed by atoms with Gasteiger partial charge in [0.25, 0.3) is 9.70 Å². The maximum Gasteiger partial charge on any atom is 0.414 e. The predicted molar refractivity (Wildman–Crippen MR) is 126 cm³/mol. The van der Waals surface area contributed by atoms with Crippen molar-refractivity contribution in [2.75, 3.05) is 0 Å². The highest BCUT2D eigenvalue weighted by Gasteiger charge is 2.67. The van der Waals surface area contributed by atoms with Crippen molar-refractivity contribution in [1.29, 1.82) is 0 Å². The van der Waals surface area contributed by atoms with E-state index in [1.54, 1.807) is 19.2 Å². The van der Waals surface area contributed by atoms with Gasteiger partial charge in [0.1, 0.15) is 22.7 Å². The summed E-state index contributed by atoms with van der Waals surface area (Å²) in [7, 11) is 0. The molecule has 0 bridgehead atoms. The lowest BCUT2D eigenvalue weighted by atomic mass is 9.80. The van der Waals surface area contributed by atoms with Crippen LogP contribution in [-0.4, -0.2) is 56.2 Å². The highest BCUT2D eigenvalue weighted by molar-refractivity contribution is 6.76. The minimum Gasteiger partial charge on any atom is -0.461 e. The number of allylic oxidation sites excluding steroid dienone is 1. The van der Waals surface area contributed by atoms with Gasteiger partial charge in [-0.15, -0.1) is 11.6 Å². The van der Waals surface area contributed by atoms with Crippen LogP contribution in [0.5, 0.6) is 0 Å². The van der Waals surface area contributed by atoms with E-state index in [0.29, 0.717) is 0 Å². The van der Waals surface area contributed by atoms with E-state index in [9.17, 15) is 24.0 Å². The van der Waals surface area contributed by atoms with Crippen LogP contribution >= 0.6 is 46.4 Å². The van der Waals surface area contributed by atoms with Gasteiger partial charge in [0, 0.05) is 24.0 Å². The number of amides is 2. The van der Waals surface area contributed by atoms with Crippen LogP contribution in [0.25, 0.3) is 0 Å². The number of nitrogens with one attached hydrogen (secondary N) is 1. The van der Waals surface area contributed by atoms with Crippen molar-refractivity contribution in [3.63, 3.8) is 0 Å². The Labute approximate surface area is 221 Å². The van der Waals surface area contributed by atoms with E-state index in [2.05, 4.69) is 6.58 Å². The molecule has 2 fully saturated rings. The largest absolute Gasteiger partial charge is 0.461 e. The molecule has 0 radical (unpaired) electrons. The van der Waals surface area contributed by atoms with E-state index in [0.717, 1.165) is 0 Å². The topological polar surface area (TPSA) is 125 Å². The van der Waals surface area contributed by atoms with Crippen molar-refractivity contribution in [1.82, 2.24) is 5.32 Å². The average molecular weight is 571 g/mol. The zero-order chi connectivity index (χ0) is 26.7. The highest BCUT2D eigenvalue weighted by Crippen LogP contribution is 2.58. The molecule has 5 atom stereocenters. The fraction of sp³-hybridized carbons (Fsp3) is 0.591. The first-order chi connectivity index (χ1) is 15.9. The molecule has 0 aromatic rings. The molecular formula is C22H23Cl4NO8. The van der Waals surface area contributed by atoms with Crippen molar-refractivity contribution in [3.8, 4) is 0 Å². The highest BCUT2D eigenvalue weighted by atomic mass is 35.6. The van der Waals surface area contributed by atoms with Crippen LogP contribution in [0.4, 0.5) is 4.79 Å². The first kappa shape index (κ1) is 27.8. The van der Waals surface area contributed by atoms with Crippen LogP contribution in [0.15, 0.2) is 23.3 Å². The second-order valence-electron chi connectivity index (χ2n) is 9.22. The number of alkyl carbamates (subject to hydrolysis) is 1. The number of ether oxygens (including phenoxy) is 3. The fourth-order valence-electron chi connectivity index (χ4n) is 4.64. The molecule has 2 amide bonds. The summed E-state index contributed by atoms with van der Waals surface area (Å²) in [5.74, 6) is -4.35. The minimum absolute atomic E-state index is 0.0234. The number of rotatable bonds is 3. The standard InChI is InChI=1S/C22H23Cl4NO8/c1-8(2)16(29)33-12-7-20(5,35-19(32)27-18(31)22(24,25)26)21(23)6-11(28)9(3)14(21)15-13(12)10(4)17(30)34-15/h8,12-13,15H,4,6-7H2,1-3,5H3,(H,27,31,32)/t12-,13-,15+,20-,21+/m1/s1. The van der Waals surface area contributed by atoms with Gasteiger partial charge in [0.2, 0.25) is 0 Å². The zero-order valence-corrected chi connectivity index (χ0v) is 22.2. The Bertz CT molecular complexity index is 1060. The molecule has 192 valence electrons. The van der Waals surface area contributed by atoms with E-state index >= 15 is 0 Å². The number of carbonyl (C=O) groups is 5. The molecule has 9 nitrogen and oxygen atoms in total. The third-order valence-corrected chi connectivity index (χ3v) is 7.77. The predicted octanol–water partition coefficient (Wildman–Crippen LogP) is 3.70. The average Bonchev–Trinajstić information content (AvgIpc) is 3.10. The van der Waals surface area contributed by atoms with E-state index in [4.69, 9.17) is 60.6 Å². The van der Waals surface area contributed by atoms with Crippen molar-refractivity contribution in [2.45, 2.75) is 67.0 Å². The molecule has 0 spiro atoms. The van der Waals surface area contributed by atoms with Crippen LogP contribution in [-0.2, 0) is 33.4 Å². The number of Topliss-reactive ketones (excluding diaryl/α,β-unsaturated/α-hetero) is 1. The van der Waals surface area contributed by atoms with Crippen LogP contribution in [0.3, 0.4) is 0 Å². The van der Waals surface area contributed by atoms with Crippen molar-refractivity contribution < 1.29 is 38.2 Å². The molecule has 13 heteroatoms. The first-order valence-corrected chi connectivity index (χ1v) is 12.1. The maximum atomic E-state index is 12.8. The Hall–Kier alpha value is -1.81. The summed E-state index contributed by atoms with van der Waals surface area (Å²) < 4.78 is 14.4. The minimum atomic E-state index is -2.45. The molecule has 1 heterocycles. The summed E-state index contributed by atoms with van der Waals surface area (Å²) in [6.45, 7) is 9.98. The number of hydrogen-bond donors (Lipinski definition) is 1. The summed E-state index contributed by atoms with van der Waals surface area (Å²) in [5.41, 5.74) is -1.29. The second kappa shape index (κ2) is 9.25. The Morgan fingerprint density at radius 3 is 2.37 bits per heavy atom. The molecule has 3 aliphatic rings. The number of hydrogen-bond acceptors (Lipinski definition) is 8. The van der Waals surface area contributed by atoms with Crippen molar-refractivity contribution in [2.24, 2.45) is 11.8 Å². The fourth-order valence-corrected chi connectivity index (χ4v) is 5.27. The summed E-state index contributed by atoms with van der Waals surface area (Å²) in [6.07, 6.45) is -4.04. The van der Waals surface area contributed by atoms with Gasteiger partial charge >= 0.3 is 18.0 Å². The number of halogens is 4. The van der Waals surface area contributed by atoms with Crippen LogP contribution < -0.4 is 5.32 Å². The van der Waals surface area contributed by atoms with Gasteiger partial charge in [-0.2, -0.15) is 0 Å². The van der Waals surface area contributed by atoms with Crippen molar-refractivity contribution in [3.05, 3.63) is 23.3 Å². The van der Waals surface area contributed by atoms with Gasteiger partial charge < -0.3 is 14.2 Å². The molecule has 0 aromatic carbocycles. The summed E-state index contributed by atoms with van der Waals surface area (Å²) >= 11 is 23.6. The van der Waals surface area contributed by atoms with Crippen LogP contribution in [0.2, 0.25) is 0 Å². The number of fused-ring (bicyclic) bond motifs is 3. The molecule has 0 aromatic heterocycles.